The number of aromatic nitrogens is 3. The van der Waals surface area contributed by atoms with E-state index in [0.717, 1.165) is 35.6 Å². The van der Waals surface area contributed by atoms with Crippen LogP contribution in [0.5, 0.6) is 0 Å². The molecule has 0 aliphatic carbocycles. The Morgan fingerprint density at radius 2 is 2.00 bits per heavy atom. The van der Waals surface area contributed by atoms with Gasteiger partial charge in [-0.2, -0.15) is 9.78 Å². The molecule has 3 aromatic rings. The topological polar surface area (TPSA) is 91.6 Å². The van der Waals surface area contributed by atoms with E-state index >= 15 is 0 Å². The van der Waals surface area contributed by atoms with Gasteiger partial charge in [0.1, 0.15) is 0 Å². The fraction of sp³-hybridized carbons (Fsp3) is 0.304. The van der Waals surface area contributed by atoms with E-state index in [9.17, 15) is 9.59 Å². The summed E-state index contributed by atoms with van der Waals surface area (Å²) in [6, 6.07) is 13.3. The first-order valence-electron chi connectivity index (χ1n) is 10.3. The molecule has 0 unspecified atom stereocenters. The molecule has 1 saturated heterocycles. The molecule has 1 aliphatic rings. The number of carbonyl (C=O) groups is 2. The highest BCUT2D eigenvalue weighted by Crippen LogP contribution is 2.22. The largest absolute Gasteiger partial charge is 0.476 e. The quantitative estimate of drug-likeness (QED) is 0.699. The number of amides is 1. The predicted octanol–water partition coefficient (Wildman–Crippen LogP) is 3.13. The molecule has 0 bridgehead atoms. The van der Waals surface area contributed by atoms with E-state index in [0.29, 0.717) is 6.54 Å². The highest BCUT2D eigenvalue weighted by molar-refractivity contribution is 5.86. The van der Waals surface area contributed by atoms with Crippen molar-refractivity contribution in [3.63, 3.8) is 0 Å². The number of rotatable bonds is 4. The number of nitrogens with zero attached hydrogens (tertiary/aromatic N) is 5. The Balaban J connectivity index is 1.40. The van der Waals surface area contributed by atoms with Crippen LogP contribution in [0.2, 0.25) is 0 Å². The SMILES string of the molecule is Cc1cc(-c2ccccn2)ccc1CN1CCN(C(=O)n2ccc(C(=O)O)n2)[C@@H](C)C1. The Morgan fingerprint density at radius 1 is 1.16 bits per heavy atom. The molecule has 8 nitrogen and oxygen atoms in total. The van der Waals surface area contributed by atoms with Crippen molar-refractivity contribution in [1.82, 2.24) is 24.6 Å². The van der Waals surface area contributed by atoms with E-state index < -0.39 is 5.97 Å². The molecule has 0 radical (unpaired) electrons. The average molecular weight is 419 g/mol. The van der Waals surface area contributed by atoms with Gasteiger partial charge in [-0.3, -0.25) is 9.88 Å². The fourth-order valence-electron chi connectivity index (χ4n) is 3.94. The molecule has 1 fully saturated rings. The predicted molar refractivity (Wildman–Crippen MR) is 116 cm³/mol. The van der Waals surface area contributed by atoms with Crippen LogP contribution in [0.3, 0.4) is 0 Å². The van der Waals surface area contributed by atoms with Crippen molar-refractivity contribution in [2.45, 2.75) is 26.4 Å². The average Bonchev–Trinajstić information content (AvgIpc) is 3.26. The van der Waals surface area contributed by atoms with E-state index in [2.05, 4.69) is 40.1 Å². The molecule has 2 aromatic heterocycles. The number of carbonyl (C=O) groups excluding carboxylic acids is 1. The van der Waals surface area contributed by atoms with E-state index in [1.165, 1.54) is 23.4 Å². The Bertz CT molecular complexity index is 1100. The molecule has 1 atom stereocenters. The lowest BCUT2D eigenvalue weighted by Crippen LogP contribution is -2.54. The third-order valence-corrected chi connectivity index (χ3v) is 5.66. The van der Waals surface area contributed by atoms with Gasteiger partial charge >= 0.3 is 12.0 Å². The Kier molecular flexibility index (Phi) is 5.81. The molecule has 8 heteroatoms. The lowest BCUT2D eigenvalue weighted by molar-refractivity contribution is 0.0689. The molecular formula is C23H25N5O3. The van der Waals surface area contributed by atoms with Gasteiger partial charge in [0, 0.05) is 50.2 Å². The molecule has 160 valence electrons. The number of aromatic carboxylic acids is 1. The maximum Gasteiger partial charge on any atom is 0.356 e. The van der Waals surface area contributed by atoms with E-state index in [4.69, 9.17) is 5.11 Å². The van der Waals surface area contributed by atoms with Gasteiger partial charge < -0.3 is 10.0 Å². The van der Waals surface area contributed by atoms with Crippen molar-refractivity contribution in [3.8, 4) is 11.3 Å². The first kappa shape index (κ1) is 20.7. The molecule has 3 heterocycles. The van der Waals surface area contributed by atoms with Gasteiger partial charge in [-0.05, 0) is 49.2 Å². The van der Waals surface area contributed by atoms with Crippen LogP contribution in [0.1, 0.15) is 28.5 Å². The molecule has 4 rings (SSSR count). The van der Waals surface area contributed by atoms with Gasteiger partial charge in [0.15, 0.2) is 5.69 Å². The van der Waals surface area contributed by atoms with Gasteiger partial charge in [-0.15, -0.1) is 0 Å². The van der Waals surface area contributed by atoms with Gasteiger partial charge in [0.25, 0.3) is 0 Å². The zero-order chi connectivity index (χ0) is 22.0. The monoisotopic (exact) mass is 419 g/mol. The van der Waals surface area contributed by atoms with Crippen LogP contribution < -0.4 is 0 Å². The minimum Gasteiger partial charge on any atom is -0.476 e. The minimum absolute atomic E-state index is 0.00757. The van der Waals surface area contributed by atoms with Crippen molar-refractivity contribution >= 4 is 12.0 Å². The summed E-state index contributed by atoms with van der Waals surface area (Å²) in [6.45, 7) is 6.97. The summed E-state index contributed by atoms with van der Waals surface area (Å²) in [5.74, 6) is -1.14. The summed E-state index contributed by atoms with van der Waals surface area (Å²) >= 11 is 0. The lowest BCUT2D eigenvalue weighted by Gasteiger charge is -2.39. The highest BCUT2D eigenvalue weighted by atomic mass is 16.4. The van der Waals surface area contributed by atoms with E-state index in [1.54, 1.807) is 11.1 Å². The lowest BCUT2D eigenvalue weighted by atomic mass is 10.0. The Hall–Kier alpha value is -3.52. The Labute approximate surface area is 180 Å². The van der Waals surface area contributed by atoms with Crippen molar-refractivity contribution in [3.05, 3.63) is 71.7 Å². The normalized spacial score (nSPS) is 17.0. The van der Waals surface area contributed by atoms with E-state index in [1.807, 2.05) is 25.1 Å². The van der Waals surface area contributed by atoms with Crippen LogP contribution in [-0.2, 0) is 6.54 Å². The maximum atomic E-state index is 12.7. The second-order valence-corrected chi connectivity index (χ2v) is 7.87. The number of benzene rings is 1. The van der Waals surface area contributed by atoms with Gasteiger partial charge in [-0.1, -0.05) is 18.2 Å². The number of carboxylic acids is 1. The zero-order valence-corrected chi connectivity index (χ0v) is 17.6. The second-order valence-electron chi connectivity index (χ2n) is 7.87. The van der Waals surface area contributed by atoms with Gasteiger partial charge in [0.05, 0.1) is 5.69 Å². The maximum absolute atomic E-state index is 12.7. The zero-order valence-electron chi connectivity index (χ0n) is 17.6. The Morgan fingerprint density at radius 3 is 2.65 bits per heavy atom. The van der Waals surface area contributed by atoms with Crippen molar-refractivity contribution < 1.29 is 14.7 Å². The number of hydrogen-bond acceptors (Lipinski definition) is 5. The molecule has 1 N–H and O–H groups in total. The highest BCUT2D eigenvalue weighted by Gasteiger charge is 2.29. The summed E-state index contributed by atoms with van der Waals surface area (Å²) in [6.07, 6.45) is 3.20. The van der Waals surface area contributed by atoms with Crippen LogP contribution in [-0.4, -0.2) is 67.3 Å². The molecule has 1 aliphatic heterocycles. The number of piperazine rings is 1. The number of hydrogen-bond donors (Lipinski definition) is 1. The van der Waals surface area contributed by atoms with Crippen LogP contribution in [0.25, 0.3) is 11.3 Å². The summed E-state index contributed by atoms with van der Waals surface area (Å²) in [7, 11) is 0. The molecule has 1 amide bonds. The van der Waals surface area contributed by atoms with E-state index in [-0.39, 0.29) is 17.8 Å². The molecular weight excluding hydrogens is 394 g/mol. The second kappa shape index (κ2) is 8.69. The first-order valence-corrected chi connectivity index (χ1v) is 10.3. The number of pyridine rings is 1. The summed E-state index contributed by atoms with van der Waals surface area (Å²) < 4.78 is 1.11. The summed E-state index contributed by atoms with van der Waals surface area (Å²) in [5, 5.41) is 12.9. The van der Waals surface area contributed by atoms with Gasteiger partial charge in [0.2, 0.25) is 0 Å². The summed E-state index contributed by atoms with van der Waals surface area (Å²) in [5.41, 5.74) is 4.40. The smallest absolute Gasteiger partial charge is 0.356 e. The third kappa shape index (κ3) is 4.49. The van der Waals surface area contributed by atoms with Crippen LogP contribution in [0.15, 0.2) is 54.9 Å². The van der Waals surface area contributed by atoms with Crippen molar-refractivity contribution in [2.75, 3.05) is 19.6 Å². The van der Waals surface area contributed by atoms with Crippen LogP contribution in [0.4, 0.5) is 4.79 Å². The molecule has 0 saturated carbocycles. The third-order valence-electron chi connectivity index (χ3n) is 5.66. The van der Waals surface area contributed by atoms with Crippen LogP contribution >= 0.6 is 0 Å². The van der Waals surface area contributed by atoms with Crippen molar-refractivity contribution in [1.29, 1.82) is 0 Å². The van der Waals surface area contributed by atoms with Gasteiger partial charge in [-0.25, -0.2) is 9.59 Å². The number of aryl methyl sites for hydroxylation is 1. The molecule has 0 spiro atoms. The fourth-order valence-corrected chi connectivity index (χ4v) is 3.94. The minimum atomic E-state index is -1.14. The standard InChI is InChI=1S/C23H25N5O3/c1-16-13-18(20-5-3-4-9-24-20)6-7-19(16)15-26-11-12-27(17(2)14-26)23(31)28-10-8-21(25-28)22(29)30/h3-10,13,17H,11-12,14-15H2,1-2H3,(H,29,30)/t17-/m0/s1. The number of carboxylic acid groups (broad SMARTS) is 1. The van der Waals surface area contributed by atoms with Crippen LogP contribution in [0, 0.1) is 6.92 Å². The summed E-state index contributed by atoms with van der Waals surface area (Å²) in [4.78, 5) is 32.3. The molecule has 31 heavy (non-hydrogen) atoms. The first-order chi connectivity index (χ1) is 14.9. The molecule has 1 aromatic carbocycles. The van der Waals surface area contributed by atoms with Crippen molar-refractivity contribution in [2.24, 2.45) is 0 Å².